The van der Waals surface area contributed by atoms with Crippen LogP contribution in [0.25, 0.3) is 0 Å². The van der Waals surface area contributed by atoms with Gasteiger partial charge in [0.1, 0.15) is 0 Å². The third kappa shape index (κ3) is 8.43. The molecular weight excluding hydrogens is 407 g/mol. The molecule has 0 fully saturated rings. The predicted octanol–water partition coefficient (Wildman–Crippen LogP) is 3.87. The van der Waals surface area contributed by atoms with Gasteiger partial charge in [0, 0.05) is 17.4 Å². The summed E-state index contributed by atoms with van der Waals surface area (Å²) in [6.45, 7) is 8.52. The summed E-state index contributed by atoms with van der Waals surface area (Å²) in [6.07, 6.45) is 0. The van der Waals surface area contributed by atoms with Crippen LogP contribution in [0.1, 0.15) is 36.6 Å². The average Bonchev–Trinajstić information content (AvgIpc) is 2.53. The van der Waals surface area contributed by atoms with Crippen LogP contribution in [-0.2, 0) is 17.9 Å². The third-order valence-electron chi connectivity index (χ3n) is 4.09. The van der Waals surface area contributed by atoms with E-state index < -0.39 is 0 Å². The molecule has 5 nitrogen and oxygen atoms in total. The van der Waals surface area contributed by atoms with E-state index in [0.717, 1.165) is 22.8 Å². The molecule has 0 aliphatic rings. The molecule has 152 valence electrons. The van der Waals surface area contributed by atoms with Crippen LogP contribution in [0.2, 0.25) is 0 Å². The second-order valence-corrected chi connectivity index (χ2v) is 6.38. The number of amides is 1. The summed E-state index contributed by atoms with van der Waals surface area (Å²) in [5.74, 6) is -0.226. The Kier molecular flexibility index (Phi) is 13.3. The molecule has 2 aromatic rings. The van der Waals surface area contributed by atoms with Gasteiger partial charge in [-0.1, -0.05) is 19.1 Å². The van der Waals surface area contributed by atoms with Crippen LogP contribution in [0.4, 0.5) is 0 Å². The van der Waals surface area contributed by atoms with Gasteiger partial charge in [0.25, 0.3) is 0 Å². The second-order valence-electron chi connectivity index (χ2n) is 6.38. The highest BCUT2D eigenvalue weighted by Gasteiger charge is 2.24. The molecule has 27 heavy (non-hydrogen) atoms. The summed E-state index contributed by atoms with van der Waals surface area (Å²) in [5, 5.41) is 0. The monoisotopic (exact) mass is 434 g/mol. The van der Waals surface area contributed by atoms with Crippen molar-refractivity contribution in [2.75, 3.05) is 0 Å². The Morgan fingerprint density at radius 1 is 0.926 bits per heavy atom. The van der Waals surface area contributed by atoms with Gasteiger partial charge in [-0.05, 0) is 45.0 Å². The first kappa shape index (κ1) is 27.8. The van der Waals surface area contributed by atoms with Gasteiger partial charge in [0.2, 0.25) is 5.91 Å². The van der Waals surface area contributed by atoms with Crippen molar-refractivity contribution >= 4 is 43.1 Å². The second kappa shape index (κ2) is 12.9. The standard InChI is InChI=1S/C19H26N4O.3ClH/c1-13-7-5-9-17(21-13)11-23(19(24)15(3)16(4)20)12-18-10-6-8-14(2)22-18;;;/h5-10,15-16H,11-12,20H2,1-4H3;3*1H. The van der Waals surface area contributed by atoms with E-state index in [0.29, 0.717) is 13.1 Å². The number of nitrogens with two attached hydrogens (primary N) is 1. The van der Waals surface area contributed by atoms with Gasteiger partial charge >= 0.3 is 0 Å². The lowest BCUT2D eigenvalue weighted by Gasteiger charge is -2.27. The Labute approximate surface area is 180 Å². The van der Waals surface area contributed by atoms with Gasteiger partial charge in [-0.25, -0.2) is 0 Å². The number of pyridine rings is 2. The zero-order chi connectivity index (χ0) is 17.7. The van der Waals surface area contributed by atoms with E-state index in [9.17, 15) is 4.79 Å². The van der Waals surface area contributed by atoms with E-state index in [-0.39, 0.29) is 55.1 Å². The van der Waals surface area contributed by atoms with Crippen LogP contribution in [-0.4, -0.2) is 26.8 Å². The predicted molar refractivity (Wildman–Crippen MR) is 117 cm³/mol. The van der Waals surface area contributed by atoms with Crippen LogP contribution in [0.3, 0.4) is 0 Å². The highest BCUT2D eigenvalue weighted by atomic mass is 35.5. The molecule has 0 bridgehead atoms. The molecule has 2 heterocycles. The molecule has 2 rings (SSSR count). The zero-order valence-corrected chi connectivity index (χ0v) is 18.5. The number of nitrogens with zero attached hydrogens (tertiary/aromatic N) is 3. The van der Waals surface area contributed by atoms with Crippen LogP contribution in [0.5, 0.6) is 0 Å². The number of halogens is 3. The quantitative estimate of drug-likeness (QED) is 0.747. The molecule has 0 saturated heterocycles. The molecule has 8 heteroatoms. The minimum absolute atomic E-state index is 0. The lowest BCUT2D eigenvalue weighted by Crippen LogP contribution is -2.41. The maximum Gasteiger partial charge on any atom is 0.227 e. The number of aryl methyl sites for hydroxylation is 2. The average molecular weight is 436 g/mol. The zero-order valence-electron chi connectivity index (χ0n) is 16.1. The van der Waals surface area contributed by atoms with Crippen molar-refractivity contribution in [2.24, 2.45) is 11.7 Å². The normalized spacial score (nSPS) is 11.9. The summed E-state index contributed by atoms with van der Waals surface area (Å²) in [4.78, 5) is 23.7. The van der Waals surface area contributed by atoms with Crippen molar-refractivity contribution in [3.63, 3.8) is 0 Å². The Balaban J connectivity index is 0. The smallest absolute Gasteiger partial charge is 0.227 e. The van der Waals surface area contributed by atoms with Crippen LogP contribution in [0, 0.1) is 19.8 Å². The fraction of sp³-hybridized carbons (Fsp3) is 0.421. The third-order valence-corrected chi connectivity index (χ3v) is 4.09. The topological polar surface area (TPSA) is 72.1 Å². The Bertz CT molecular complexity index is 665. The molecule has 2 atom stereocenters. The van der Waals surface area contributed by atoms with Crippen LogP contribution < -0.4 is 5.73 Å². The van der Waals surface area contributed by atoms with E-state index in [4.69, 9.17) is 5.73 Å². The van der Waals surface area contributed by atoms with Gasteiger partial charge in [-0.15, -0.1) is 37.2 Å². The van der Waals surface area contributed by atoms with Crippen molar-refractivity contribution < 1.29 is 4.79 Å². The molecule has 0 radical (unpaired) electrons. The molecule has 0 spiro atoms. The number of hydrogen-bond acceptors (Lipinski definition) is 4. The highest BCUT2D eigenvalue weighted by molar-refractivity contribution is 5.86. The van der Waals surface area contributed by atoms with E-state index >= 15 is 0 Å². The molecule has 2 aromatic heterocycles. The molecular formula is C19H29Cl3N4O. The van der Waals surface area contributed by atoms with E-state index in [1.54, 1.807) is 4.90 Å². The molecule has 0 aliphatic heterocycles. The number of rotatable bonds is 6. The number of hydrogen-bond donors (Lipinski definition) is 1. The Morgan fingerprint density at radius 2 is 1.33 bits per heavy atom. The van der Waals surface area contributed by atoms with E-state index in [1.807, 2.05) is 64.1 Å². The molecule has 0 aliphatic carbocycles. The minimum atomic E-state index is -0.250. The van der Waals surface area contributed by atoms with E-state index in [2.05, 4.69) is 9.97 Å². The largest absolute Gasteiger partial charge is 0.331 e. The molecule has 2 unspecified atom stereocenters. The molecule has 0 aromatic carbocycles. The minimum Gasteiger partial charge on any atom is -0.331 e. The summed E-state index contributed by atoms with van der Waals surface area (Å²) in [6, 6.07) is 11.5. The van der Waals surface area contributed by atoms with Crippen molar-refractivity contribution in [1.29, 1.82) is 0 Å². The number of carbonyl (C=O) groups is 1. The van der Waals surface area contributed by atoms with Crippen molar-refractivity contribution in [2.45, 2.75) is 46.8 Å². The lowest BCUT2D eigenvalue weighted by molar-refractivity contribution is -0.136. The highest BCUT2D eigenvalue weighted by Crippen LogP contribution is 2.14. The molecule has 0 saturated carbocycles. The maximum atomic E-state index is 12.9. The molecule has 2 N–H and O–H groups in total. The van der Waals surface area contributed by atoms with Gasteiger partial charge in [0.05, 0.1) is 30.4 Å². The van der Waals surface area contributed by atoms with Crippen LogP contribution >= 0.6 is 37.2 Å². The van der Waals surface area contributed by atoms with Crippen LogP contribution in [0.15, 0.2) is 36.4 Å². The fourth-order valence-corrected chi connectivity index (χ4v) is 2.49. The van der Waals surface area contributed by atoms with Gasteiger partial charge in [0.15, 0.2) is 0 Å². The first-order chi connectivity index (χ1) is 11.4. The fourth-order valence-electron chi connectivity index (χ4n) is 2.49. The molecule has 1 amide bonds. The van der Waals surface area contributed by atoms with Crippen molar-refractivity contribution in [1.82, 2.24) is 14.9 Å². The summed E-state index contributed by atoms with van der Waals surface area (Å²) in [5.41, 5.74) is 9.55. The first-order valence-corrected chi connectivity index (χ1v) is 8.26. The number of carbonyl (C=O) groups excluding carboxylic acids is 1. The Hall–Kier alpha value is -1.40. The SMILES string of the molecule is Cc1cccc(CN(Cc2cccc(C)n2)C(=O)C(C)C(C)N)n1.Cl.Cl.Cl. The van der Waals surface area contributed by atoms with E-state index in [1.165, 1.54) is 0 Å². The maximum absolute atomic E-state index is 12.9. The summed E-state index contributed by atoms with van der Waals surface area (Å²) < 4.78 is 0. The first-order valence-electron chi connectivity index (χ1n) is 8.26. The number of aromatic nitrogens is 2. The van der Waals surface area contributed by atoms with Gasteiger partial charge < -0.3 is 10.6 Å². The summed E-state index contributed by atoms with van der Waals surface area (Å²) in [7, 11) is 0. The summed E-state index contributed by atoms with van der Waals surface area (Å²) >= 11 is 0. The van der Waals surface area contributed by atoms with Crippen molar-refractivity contribution in [3.05, 3.63) is 59.2 Å². The van der Waals surface area contributed by atoms with Crippen molar-refractivity contribution in [3.8, 4) is 0 Å². The van der Waals surface area contributed by atoms with Gasteiger partial charge in [-0.2, -0.15) is 0 Å². The van der Waals surface area contributed by atoms with Gasteiger partial charge in [-0.3, -0.25) is 14.8 Å². The lowest BCUT2D eigenvalue weighted by atomic mass is 10.0. The Morgan fingerprint density at radius 3 is 1.67 bits per heavy atom.